The Kier molecular flexibility index (Phi) is 5.14. The fourth-order valence-electron chi connectivity index (χ4n) is 2.53. The number of carbonyl (C=O) groups excluding carboxylic acids is 1. The SMILES string of the molecule is CC1CCCCN1CC(=O)Nc1ccc(Cl)cc1[N+](=O)[O-]. The maximum absolute atomic E-state index is 12.1. The number of nitro benzene ring substituents is 1. The van der Waals surface area contributed by atoms with Crippen LogP contribution in [-0.4, -0.2) is 34.9 Å². The number of amides is 1. The summed E-state index contributed by atoms with van der Waals surface area (Å²) in [4.78, 5) is 24.6. The lowest BCUT2D eigenvalue weighted by Gasteiger charge is -2.32. The van der Waals surface area contributed by atoms with Crippen LogP contribution in [0.4, 0.5) is 11.4 Å². The maximum atomic E-state index is 12.1. The normalized spacial score (nSPS) is 19.2. The first-order valence-corrected chi connectivity index (χ1v) is 7.33. The van der Waals surface area contributed by atoms with Gasteiger partial charge in [-0.05, 0) is 38.4 Å². The van der Waals surface area contributed by atoms with Crippen molar-refractivity contribution in [1.82, 2.24) is 4.90 Å². The van der Waals surface area contributed by atoms with Gasteiger partial charge in [0, 0.05) is 17.1 Å². The second kappa shape index (κ2) is 6.87. The van der Waals surface area contributed by atoms with Gasteiger partial charge >= 0.3 is 0 Å². The van der Waals surface area contributed by atoms with Gasteiger partial charge in [0.1, 0.15) is 5.69 Å². The highest BCUT2D eigenvalue weighted by atomic mass is 35.5. The second-order valence-electron chi connectivity index (χ2n) is 5.28. The van der Waals surface area contributed by atoms with Crippen molar-refractivity contribution in [1.29, 1.82) is 0 Å². The summed E-state index contributed by atoms with van der Waals surface area (Å²) >= 11 is 5.75. The quantitative estimate of drug-likeness (QED) is 0.685. The molecule has 2 rings (SSSR count). The van der Waals surface area contributed by atoms with Crippen LogP contribution in [-0.2, 0) is 4.79 Å². The minimum atomic E-state index is -0.551. The fraction of sp³-hybridized carbons (Fsp3) is 0.500. The standard InChI is InChI=1S/C14H18ClN3O3/c1-10-4-2-3-7-17(10)9-14(19)16-12-6-5-11(15)8-13(12)18(20)21/h5-6,8,10H,2-4,7,9H2,1H3,(H,16,19). The molecule has 1 saturated heterocycles. The van der Waals surface area contributed by atoms with Gasteiger partial charge in [0.05, 0.1) is 11.5 Å². The summed E-state index contributed by atoms with van der Waals surface area (Å²) in [7, 11) is 0. The van der Waals surface area contributed by atoms with Crippen LogP contribution in [0.15, 0.2) is 18.2 Å². The summed E-state index contributed by atoms with van der Waals surface area (Å²) in [5, 5.41) is 13.9. The van der Waals surface area contributed by atoms with E-state index in [0.717, 1.165) is 19.4 Å². The molecule has 114 valence electrons. The molecule has 0 radical (unpaired) electrons. The van der Waals surface area contributed by atoms with Crippen LogP contribution in [0.25, 0.3) is 0 Å². The van der Waals surface area contributed by atoms with E-state index in [1.807, 2.05) is 0 Å². The van der Waals surface area contributed by atoms with Gasteiger partial charge in [0.2, 0.25) is 5.91 Å². The third-order valence-electron chi connectivity index (χ3n) is 3.72. The molecule has 1 aliphatic heterocycles. The Morgan fingerprint density at radius 1 is 1.52 bits per heavy atom. The Morgan fingerprint density at radius 2 is 2.29 bits per heavy atom. The van der Waals surface area contributed by atoms with E-state index in [0.29, 0.717) is 6.04 Å². The van der Waals surface area contributed by atoms with Crippen molar-refractivity contribution in [2.75, 3.05) is 18.4 Å². The first-order chi connectivity index (χ1) is 9.97. The lowest BCUT2D eigenvalue weighted by molar-refractivity contribution is -0.383. The molecule has 1 heterocycles. The third-order valence-corrected chi connectivity index (χ3v) is 3.95. The van der Waals surface area contributed by atoms with Crippen LogP contribution >= 0.6 is 11.6 Å². The molecule has 0 aromatic heterocycles. The van der Waals surface area contributed by atoms with Crippen molar-refractivity contribution in [3.05, 3.63) is 33.3 Å². The van der Waals surface area contributed by atoms with E-state index in [4.69, 9.17) is 11.6 Å². The minimum Gasteiger partial charge on any atom is -0.319 e. The number of nitro groups is 1. The molecule has 1 amide bonds. The Labute approximate surface area is 128 Å². The van der Waals surface area contributed by atoms with Gasteiger partial charge in [-0.3, -0.25) is 19.8 Å². The van der Waals surface area contributed by atoms with Crippen LogP contribution in [0, 0.1) is 10.1 Å². The van der Waals surface area contributed by atoms with Gasteiger partial charge in [-0.1, -0.05) is 18.0 Å². The number of benzene rings is 1. The van der Waals surface area contributed by atoms with Crippen molar-refractivity contribution in [2.24, 2.45) is 0 Å². The molecule has 1 unspecified atom stereocenters. The highest BCUT2D eigenvalue weighted by molar-refractivity contribution is 6.31. The van der Waals surface area contributed by atoms with Gasteiger partial charge in [-0.2, -0.15) is 0 Å². The van der Waals surface area contributed by atoms with Crippen molar-refractivity contribution in [2.45, 2.75) is 32.2 Å². The number of nitrogens with zero attached hydrogens (tertiary/aromatic N) is 2. The number of hydrogen-bond donors (Lipinski definition) is 1. The average molecular weight is 312 g/mol. The molecular formula is C14H18ClN3O3. The third kappa shape index (κ3) is 4.15. The number of anilines is 1. The first-order valence-electron chi connectivity index (χ1n) is 6.95. The zero-order valence-electron chi connectivity index (χ0n) is 11.8. The van der Waals surface area contributed by atoms with E-state index in [1.54, 1.807) is 0 Å². The molecule has 1 aromatic rings. The van der Waals surface area contributed by atoms with Crippen molar-refractivity contribution in [3.8, 4) is 0 Å². The smallest absolute Gasteiger partial charge is 0.294 e. The molecule has 1 atom stereocenters. The summed E-state index contributed by atoms with van der Waals surface area (Å²) in [6, 6.07) is 4.58. The van der Waals surface area contributed by atoms with Gasteiger partial charge in [-0.25, -0.2) is 0 Å². The summed E-state index contributed by atoms with van der Waals surface area (Å²) in [6.07, 6.45) is 3.34. The van der Waals surface area contributed by atoms with Gasteiger partial charge in [0.25, 0.3) is 5.69 Å². The monoisotopic (exact) mass is 311 g/mol. The zero-order valence-corrected chi connectivity index (χ0v) is 12.6. The molecule has 0 aliphatic carbocycles. The molecule has 0 saturated carbocycles. The van der Waals surface area contributed by atoms with E-state index < -0.39 is 4.92 Å². The molecular weight excluding hydrogens is 294 g/mol. The number of nitrogens with one attached hydrogen (secondary N) is 1. The minimum absolute atomic E-state index is 0.180. The lowest BCUT2D eigenvalue weighted by atomic mass is 10.0. The maximum Gasteiger partial charge on any atom is 0.294 e. The average Bonchev–Trinajstić information content (AvgIpc) is 2.43. The Bertz CT molecular complexity index is 550. The Balaban J connectivity index is 2.04. The molecule has 0 spiro atoms. The number of hydrogen-bond acceptors (Lipinski definition) is 4. The predicted octanol–water partition coefficient (Wildman–Crippen LogP) is 3.06. The zero-order chi connectivity index (χ0) is 15.4. The number of halogens is 1. The second-order valence-corrected chi connectivity index (χ2v) is 5.72. The first kappa shape index (κ1) is 15.7. The fourth-order valence-corrected chi connectivity index (χ4v) is 2.69. The van der Waals surface area contributed by atoms with Crippen molar-refractivity contribution in [3.63, 3.8) is 0 Å². The predicted molar refractivity (Wildman–Crippen MR) is 81.6 cm³/mol. The Hall–Kier alpha value is -1.66. The lowest BCUT2D eigenvalue weighted by Crippen LogP contribution is -2.42. The molecule has 1 fully saturated rings. The molecule has 7 heteroatoms. The van der Waals surface area contributed by atoms with Crippen LogP contribution in [0.5, 0.6) is 0 Å². The van der Waals surface area contributed by atoms with Gasteiger partial charge in [-0.15, -0.1) is 0 Å². The van der Waals surface area contributed by atoms with Crippen LogP contribution in [0.2, 0.25) is 5.02 Å². The highest BCUT2D eigenvalue weighted by Gasteiger charge is 2.22. The van der Waals surface area contributed by atoms with E-state index in [-0.39, 0.29) is 28.8 Å². The van der Waals surface area contributed by atoms with Crippen molar-refractivity contribution >= 4 is 28.9 Å². The molecule has 21 heavy (non-hydrogen) atoms. The molecule has 0 bridgehead atoms. The number of likely N-dealkylation sites (tertiary alicyclic amines) is 1. The van der Waals surface area contributed by atoms with Crippen LogP contribution < -0.4 is 5.32 Å². The van der Waals surface area contributed by atoms with E-state index >= 15 is 0 Å². The summed E-state index contributed by atoms with van der Waals surface area (Å²) in [5.41, 5.74) is -0.0124. The van der Waals surface area contributed by atoms with Crippen LogP contribution in [0.3, 0.4) is 0 Å². The van der Waals surface area contributed by atoms with E-state index in [9.17, 15) is 14.9 Å². The summed E-state index contributed by atoms with van der Waals surface area (Å²) < 4.78 is 0. The molecule has 1 N–H and O–H groups in total. The van der Waals surface area contributed by atoms with Gasteiger partial charge < -0.3 is 5.32 Å². The van der Waals surface area contributed by atoms with Gasteiger partial charge in [0.15, 0.2) is 0 Å². The topological polar surface area (TPSA) is 75.5 Å². The van der Waals surface area contributed by atoms with E-state index in [2.05, 4.69) is 17.1 Å². The van der Waals surface area contributed by atoms with Crippen molar-refractivity contribution < 1.29 is 9.72 Å². The summed E-state index contributed by atoms with van der Waals surface area (Å²) in [5.74, 6) is -0.242. The largest absolute Gasteiger partial charge is 0.319 e. The van der Waals surface area contributed by atoms with Crippen LogP contribution in [0.1, 0.15) is 26.2 Å². The number of piperidine rings is 1. The highest BCUT2D eigenvalue weighted by Crippen LogP contribution is 2.27. The summed E-state index contributed by atoms with van der Waals surface area (Å²) in [6.45, 7) is 3.23. The Morgan fingerprint density at radius 3 is 2.95 bits per heavy atom. The molecule has 1 aromatic carbocycles. The van der Waals surface area contributed by atoms with E-state index in [1.165, 1.54) is 24.6 Å². The molecule has 6 nitrogen and oxygen atoms in total. The number of carbonyl (C=O) groups is 1. The number of rotatable bonds is 4. The molecule has 1 aliphatic rings.